The van der Waals surface area contributed by atoms with Crippen LogP contribution in [0.1, 0.15) is 33.3 Å². The zero-order valence-corrected chi connectivity index (χ0v) is 10.8. The highest BCUT2D eigenvalue weighted by molar-refractivity contribution is 5.98. The van der Waals surface area contributed by atoms with Crippen molar-refractivity contribution >= 4 is 5.84 Å². The molecule has 16 heavy (non-hydrogen) atoms. The molecule has 0 N–H and O–H groups in total. The van der Waals surface area contributed by atoms with E-state index in [1.165, 1.54) is 5.56 Å². The van der Waals surface area contributed by atoms with Gasteiger partial charge < -0.3 is 4.90 Å². The molecular formula is C14H22N2. The number of benzene rings is 1. The second-order valence-corrected chi connectivity index (χ2v) is 4.08. The fraction of sp³-hybridized carbons (Fsp3) is 0.500. The van der Waals surface area contributed by atoms with Crippen LogP contribution in [0, 0.1) is 0 Å². The Morgan fingerprint density at radius 1 is 1.12 bits per heavy atom. The molecule has 0 aromatic heterocycles. The van der Waals surface area contributed by atoms with Crippen LogP contribution in [0.3, 0.4) is 0 Å². The standard InChI is InChI=1S/C14H22N2/c1-5-16(6-2)14(15-12(3)4)13-10-8-7-9-11-13/h7-12H,5-6H2,1-4H3. The molecule has 2 nitrogen and oxygen atoms in total. The maximum Gasteiger partial charge on any atom is 0.131 e. The van der Waals surface area contributed by atoms with E-state index in [9.17, 15) is 0 Å². The number of aliphatic imine (C=N–C) groups is 1. The van der Waals surface area contributed by atoms with Crippen LogP contribution < -0.4 is 0 Å². The third kappa shape index (κ3) is 3.37. The van der Waals surface area contributed by atoms with Crippen molar-refractivity contribution in [2.75, 3.05) is 13.1 Å². The van der Waals surface area contributed by atoms with Crippen LogP contribution in [0.4, 0.5) is 0 Å². The fourth-order valence-corrected chi connectivity index (χ4v) is 1.69. The van der Waals surface area contributed by atoms with E-state index in [0.717, 1.165) is 18.9 Å². The molecule has 0 saturated carbocycles. The van der Waals surface area contributed by atoms with Gasteiger partial charge >= 0.3 is 0 Å². The first-order valence-electron chi connectivity index (χ1n) is 6.07. The van der Waals surface area contributed by atoms with Crippen molar-refractivity contribution in [2.45, 2.75) is 33.7 Å². The van der Waals surface area contributed by atoms with Gasteiger partial charge in [-0.15, -0.1) is 0 Å². The predicted molar refractivity (Wildman–Crippen MR) is 71.0 cm³/mol. The summed E-state index contributed by atoms with van der Waals surface area (Å²) in [6.07, 6.45) is 0. The average Bonchev–Trinajstić information content (AvgIpc) is 2.30. The number of amidine groups is 1. The van der Waals surface area contributed by atoms with E-state index >= 15 is 0 Å². The molecule has 0 fully saturated rings. The second kappa shape index (κ2) is 6.31. The molecular weight excluding hydrogens is 196 g/mol. The first kappa shape index (κ1) is 12.8. The molecule has 1 aromatic carbocycles. The number of hydrogen-bond donors (Lipinski definition) is 0. The van der Waals surface area contributed by atoms with Crippen molar-refractivity contribution in [1.29, 1.82) is 0 Å². The van der Waals surface area contributed by atoms with Gasteiger partial charge in [0.15, 0.2) is 0 Å². The van der Waals surface area contributed by atoms with E-state index < -0.39 is 0 Å². The minimum absolute atomic E-state index is 0.329. The Labute approximate surface area is 99.0 Å². The SMILES string of the molecule is CCN(CC)C(=NC(C)C)c1ccccc1. The van der Waals surface area contributed by atoms with Crippen molar-refractivity contribution < 1.29 is 0 Å². The minimum atomic E-state index is 0.329. The Kier molecular flexibility index (Phi) is 5.03. The molecule has 1 rings (SSSR count). The maximum atomic E-state index is 4.73. The van der Waals surface area contributed by atoms with Gasteiger partial charge in [0.25, 0.3) is 0 Å². The Morgan fingerprint density at radius 3 is 2.12 bits per heavy atom. The normalized spacial score (nSPS) is 11.9. The summed E-state index contributed by atoms with van der Waals surface area (Å²) >= 11 is 0. The topological polar surface area (TPSA) is 15.6 Å². The molecule has 0 atom stereocenters. The van der Waals surface area contributed by atoms with Gasteiger partial charge in [-0.1, -0.05) is 30.3 Å². The lowest BCUT2D eigenvalue weighted by molar-refractivity contribution is 0.462. The highest BCUT2D eigenvalue weighted by atomic mass is 15.2. The first-order valence-corrected chi connectivity index (χ1v) is 6.07. The van der Waals surface area contributed by atoms with Crippen LogP contribution in [0.25, 0.3) is 0 Å². The summed E-state index contributed by atoms with van der Waals surface area (Å²) in [6, 6.07) is 10.7. The molecule has 0 heterocycles. The smallest absolute Gasteiger partial charge is 0.131 e. The Bertz CT molecular complexity index is 324. The molecule has 0 aliphatic heterocycles. The molecule has 1 aromatic rings. The summed E-state index contributed by atoms with van der Waals surface area (Å²) in [5.41, 5.74) is 1.21. The number of rotatable bonds is 4. The van der Waals surface area contributed by atoms with E-state index in [-0.39, 0.29) is 0 Å². The minimum Gasteiger partial charge on any atom is -0.357 e. The third-order valence-electron chi connectivity index (χ3n) is 2.48. The monoisotopic (exact) mass is 218 g/mol. The van der Waals surface area contributed by atoms with Crippen LogP contribution in [-0.2, 0) is 0 Å². The Morgan fingerprint density at radius 2 is 1.69 bits per heavy atom. The molecule has 2 heteroatoms. The van der Waals surface area contributed by atoms with E-state index in [4.69, 9.17) is 4.99 Å². The lowest BCUT2D eigenvalue weighted by atomic mass is 10.2. The predicted octanol–water partition coefficient (Wildman–Crippen LogP) is 3.18. The van der Waals surface area contributed by atoms with Crippen LogP contribution in [0.5, 0.6) is 0 Å². The van der Waals surface area contributed by atoms with Gasteiger partial charge in [-0.05, 0) is 27.7 Å². The second-order valence-electron chi connectivity index (χ2n) is 4.08. The van der Waals surface area contributed by atoms with E-state index in [0.29, 0.717) is 6.04 Å². The Balaban J connectivity index is 3.06. The molecule has 0 bridgehead atoms. The van der Waals surface area contributed by atoms with Gasteiger partial charge in [0.05, 0.1) is 0 Å². The summed E-state index contributed by atoms with van der Waals surface area (Å²) < 4.78 is 0. The van der Waals surface area contributed by atoms with E-state index in [1.807, 2.05) is 6.07 Å². The fourth-order valence-electron chi connectivity index (χ4n) is 1.69. The lowest BCUT2D eigenvalue weighted by Crippen LogP contribution is -2.32. The molecule has 0 aliphatic carbocycles. The van der Waals surface area contributed by atoms with Gasteiger partial charge in [-0.25, -0.2) is 0 Å². The largest absolute Gasteiger partial charge is 0.357 e. The zero-order valence-electron chi connectivity index (χ0n) is 10.8. The van der Waals surface area contributed by atoms with Crippen molar-refractivity contribution in [2.24, 2.45) is 4.99 Å². The number of nitrogens with zero attached hydrogens (tertiary/aromatic N) is 2. The zero-order chi connectivity index (χ0) is 12.0. The van der Waals surface area contributed by atoms with E-state index in [1.54, 1.807) is 0 Å². The van der Waals surface area contributed by atoms with Crippen LogP contribution in [-0.4, -0.2) is 29.9 Å². The van der Waals surface area contributed by atoms with Crippen LogP contribution in [0.2, 0.25) is 0 Å². The highest BCUT2D eigenvalue weighted by Gasteiger charge is 2.10. The molecule has 0 unspecified atom stereocenters. The Hall–Kier alpha value is -1.31. The summed E-state index contributed by atoms with van der Waals surface area (Å²) in [7, 11) is 0. The summed E-state index contributed by atoms with van der Waals surface area (Å²) in [4.78, 5) is 7.03. The average molecular weight is 218 g/mol. The molecule has 0 radical (unpaired) electrons. The molecule has 0 amide bonds. The third-order valence-corrected chi connectivity index (χ3v) is 2.48. The summed E-state index contributed by atoms with van der Waals surface area (Å²) in [5.74, 6) is 1.11. The van der Waals surface area contributed by atoms with Gasteiger partial charge in [0.1, 0.15) is 5.84 Å². The van der Waals surface area contributed by atoms with Gasteiger partial charge in [0.2, 0.25) is 0 Å². The van der Waals surface area contributed by atoms with E-state index in [2.05, 4.69) is 56.9 Å². The number of hydrogen-bond acceptors (Lipinski definition) is 1. The summed E-state index contributed by atoms with van der Waals surface area (Å²) in [6.45, 7) is 10.6. The van der Waals surface area contributed by atoms with Crippen LogP contribution >= 0.6 is 0 Å². The summed E-state index contributed by atoms with van der Waals surface area (Å²) in [5, 5.41) is 0. The van der Waals surface area contributed by atoms with Crippen molar-refractivity contribution in [1.82, 2.24) is 4.90 Å². The van der Waals surface area contributed by atoms with Crippen LogP contribution in [0.15, 0.2) is 35.3 Å². The maximum absolute atomic E-state index is 4.73. The van der Waals surface area contributed by atoms with Crippen molar-refractivity contribution in [3.63, 3.8) is 0 Å². The molecule has 0 saturated heterocycles. The quantitative estimate of drug-likeness (QED) is 0.560. The van der Waals surface area contributed by atoms with Gasteiger partial charge in [-0.3, -0.25) is 4.99 Å². The van der Waals surface area contributed by atoms with Gasteiger partial charge in [0, 0.05) is 24.7 Å². The molecule has 88 valence electrons. The van der Waals surface area contributed by atoms with Gasteiger partial charge in [-0.2, -0.15) is 0 Å². The first-order chi connectivity index (χ1) is 7.69. The lowest BCUT2D eigenvalue weighted by Gasteiger charge is -2.24. The highest BCUT2D eigenvalue weighted by Crippen LogP contribution is 2.07. The molecule has 0 aliphatic rings. The van der Waals surface area contributed by atoms with Crippen molar-refractivity contribution in [3.05, 3.63) is 35.9 Å². The molecule has 0 spiro atoms. The van der Waals surface area contributed by atoms with Crippen molar-refractivity contribution in [3.8, 4) is 0 Å².